The van der Waals surface area contributed by atoms with Crippen molar-refractivity contribution in [1.29, 1.82) is 0 Å². The molecule has 1 radical (unpaired) electrons. The summed E-state index contributed by atoms with van der Waals surface area (Å²) in [7, 11) is 2.24. The molecule has 2 aromatic carbocycles. The van der Waals surface area contributed by atoms with Gasteiger partial charge in [0.1, 0.15) is 0 Å². The van der Waals surface area contributed by atoms with Crippen LogP contribution in [0.15, 0.2) is 48.5 Å². The van der Waals surface area contributed by atoms with Gasteiger partial charge in [-0.15, -0.1) is 0 Å². The van der Waals surface area contributed by atoms with E-state index in [2.05, 4.69) is 68.0 Å². The highest BCUT2D eigenvalue weighted by Crippen LogP contribution is 2.08. The fourth-order valence-corrected chi connectivity index (χ4v) is 1.94. The molecular weight excluding hydrogens is 179 g/mol. The maximum Gasteiger partial charge on any atom is 0.192 e. The van der Waals surface area contributed by atoms with Crippen molar-refractivity contribution in [3.8, 4) is 0 Å². The summed E-state index contributed by atoms with van der Waals surface area (Å²) in [5.41, 5.74) is 5.15. The van der Waals surface area contributed by atoms with Gasteiger partial charge in [-0.05, 0) is 11.1 Å². The smallest absolute Gasteiger partial charge is 0.0743 e. The van der Waals surface area contributed by atoms with Crippen LogP contribution < -0.4 is 10.9 Å². The summed E-state index contributed by atoms with van der Waals surface area (Å²) in [6.45, 7) is 0. The molecule has 0 unspecified atom stereocenters. The van der Waals surface area contributed by atoms with Crippen molar-refractivity contribution in [2.24, 2.45) is 0 Å². The lowest BCUT2D eigenvalue weighted by molar-refractivity contribution is 1.72. The molecule has 2 aromatic rings. The van der Waals surface area contributed by atoms with Gasteiger partial charge in [0.15, 0.2) is 7.28 Å². The van der Waals surface area contributed by atoms with E-state index < -0.39 is 0 Å². The van der Waals surface area contributed by atoms with Crippen LogP contribution >= 0.6 is 0 Å². The zero-order valence-electron chi connectivity index (χ0n) is 8.35. The van der Waals surface area contributed by atoms with Gasteiger partial charge in [0.25, 0.3) is 0 Å². The molecule has 0 amide bonds. The lowest BCUT2D eigenvalue weighted by atomic mass is 9.62. The molecule has 0 saturated heterocycles. The minimum Gasteiger partial charge on any atom is -0.0743 e. The van der Waals surface area contributed by atoms with Gasteiger partial charge < -0.3 is 0 Å². The predicted molar refractivity (Wildman–Crippen MR) is 66.8 cm³/mol. The summed E-state index contributed by atoms with van der Waals surface area (Å²) in [6.07, 6.45) is 4.36. The molecular formula is C14H10B. The molecule has 1 heteroatoms. The molecule has 0 fully saturated rings. The largest absolute Gasteiger partial charge is 0.192 e. The Morgan fingerprint density at radius 1 is 0.600 bits per heavy atom. The van der Waals surface area contributed by atoms with Gasteiger partial charge in [0.05, 0.1) is 0 Å². The Bertz CT molecular complexity index is 479. The second kappa shape index (κ2) is 3.43. The third-order valence-electron chi connectivity index (χ3n) is 2.75. The van der Waals surface area contributed by atoms with Crippen molar-refractivity contribution in [3.63, 3.8) is 0 Å². The number of hydrogen-bond donors (Lipinski definition) is 0. The fourth-order valence-electron chi connectivity index (χ4n) is 1.94. The van der Waals surface area contributed by atoms with Crippen LogP contribution in [0.1, 0.15) is 11.1 Å². The molecule has 1 aliphatic rings. The number of rotatable bonds is 0. The van der Waals surface area contributed by atoms with Gasteiger partial charge in [-0.2, -0.15) is 0 Å². The van der Waals surface area contributed by atoms with Crippen LogP contribution in [0.3, 0.4) is 0 Å². The number of hydrogen-bond acceptors (Lipinski definition) is 0. The quantitative estimate of drug-likeness (QED) is 0.473. The first kappa shape index (κ1) is 8.54. The van der Waals surface area contributed by atoms with E-state index in [1.54, 1.807) is 0 Å². The average Bonchev–Trinajstić information content (AvgIpc) is 2.48. The van der Waals surface area contributed by atoms with E-state index in [4.69, 9.17) is 0 Å². The predicted octanol–water partition coefficient (Wildman–Crippen LogP) is 1.83. The molecule has 0 saturated carbocycles. The second-order valence-electron chi connectivity index (χ2n) is 3.74. The summed E-state index contributed by atoms with van der Waals surface area (Å²) in [6, 6.07) is 16.9. The van der Waals surface area contributed by atoms with Crippen molar-refractivity contribution in [2.75, 3.05) is 0 Å². The van der Waals surface area contributed by atoms with Crippen molar-refractivity contribution in [3.05, 3.63) is 59.7 Å². The molecule has 0 spiro atoms. The first-order valence-electron chi connectivity index (χ1n) is 5.14. The number of fused-ring (bicyclic) bond motifs is 2. The van der Waals surface area contributed by atoms with Gasteiger partial charge in [-0.1, -0.05) is 71.6 Å². The molecule has 69 valence electrons. The highest BCUT2D eigenvalue weighted by molar-refractivity contribution is 6.69. The molecule has 0 aromatic heterocycles. The minimum atomic E-state index is 1.29. The van der Waals surface area contributed by atoms with Gasteiger partial charge >= 0.3 is 0 Å². The van der Waals surface area contributed by atoms with Crippen LogP contribution in [-0.4, -0.2) is 7.28 Å². The maximum atomic E-state index is 2.24. The zero-order valence-corrected chi connectivity index (χ0v) is 8.35. The molecule has 0 N–H and O–H groups in total. The molecule has 0 atom stereocenters. The summed E-state index contributed by atoms with van der Waals surface area (Å²) in [4.78, 5) is 0. The fraction of sp³-hybridized carbons (Fsp3) is 0. The Labute approximate surface area is 90.5 Å². The van der Waals surface area contributed by atoms with Crippen LogP contribution in [0, 0.1) is 0 Å². The summed E-state index contributed by atoms with van der Waals surface area (Å²) in [5.74, 6) is 0. The molecule has 1 aliphatic heterocycles. The lowest BCUT2D eigenvalue weighted by Gasteiger charge is -2.03. The van der Waals surface area contributed by atoms with Gasteiger partial charge in [0, 0.05) is 0 Å². The Balaban J connectivity index is 2.19. The monoisotopic (exact) mass is 189 g/mol. The third-order valence-corrected chi connectivity index (χ3v) is 2.75. The first-order valence-corrected chi connectivity index (χ1v) is 5.14. The molecule has 0 nitrogen and oxygen atoms in total. The van der Waals surface area contributed by atoms with Crippen LogP contribution in [0.2, 0.25) is 0 Å². The topological polar surface area (TPSA) is 0 Å². The van der Waals surface area contributed by atoms with E-state index in [1.807, 2.05) is 0 Å². The molecule has 3 rings (SSSR count). The second-order valence-corrected chi connectivity index (χ2v) is 3.74. The van der Waals surface area contributed by atoms with Crippen molar-refractivity contribution in [2.45, 2.75) is 0 Å². The summed E-state index contributed by atoms with van der Waals surface area (Å²) >= 11 is 0. The van der Waals surface area contributed by atoms with Crippen LogP contribution in [0.4, 0.5) is 0 Å². The Hall–Kier alpha value is -1.76. The Kier molecular flexibility index (Phi) is 1.95. The van der Waals surface area contributed by atoms with Gasteiger partial charge in [-0.25, -0.2) is 0 Å². The van der Waals surface area contributed by atoms with Gasteiger partial charge in [-0.3, -0.25) is 0 Å². The van der Waals surface area contributed by atoms with Crippen molar-refractivity contribution >= 4 is 30.4 Å². The van der Waals surface area contributed by atoms with E-state index in [-0.39, 0.29) is 0 Å². The highest BCUT2D eigenvalue weighted by atomic mass is 14.0. The molecule has 15 heavy (non-hydrogen) atoms. The van der Waals surface area contributed by atoms with Crippen LogP contribution in [0.25, 0.3) is 12.2 Å². The zero-order chi connectivity index (χ0) is 10.1. The van der Waals surface area contributed by atoms with E-state index in [0.717, 1.165) is 0 Å². The summed E-state index contributed by atoms with van der Waals surface area (Å²) in [5, 5.41) is 0. The Morgan fingerprint density at radius 2 is 1.07 bits per heavy atom. The highest BCUT2D eigenvalue weighted by Gasteiger charge is 2.08. The average molecular weight is 189 g/mol. The van der Waals surface area contributed by atoms with Crippen LogP contribution in [-0.2, 0) is 0 Å². The van der Waals surface area contributed by atoms with E-state index in [1.165, 1.54) is 22.1 Å². The SMILES string of the molecule is [B]1c2ccccc2C=Cc2ccccc21. The minimum absolute atomic E-state index is 1.29. The first-order chi connectivity index (χ1) is 7.43. The summed E-state index contributed by atoms with van der Waals surface area (Å²) < 4.78 is 0. The van der Waals surface area contributed by atoms with Crippen molar-refractivity contribution < 1.29 is 0 Å². The van der Waals surface area contributed by atoms with E-state index in [0.29, 0.717) is 0 Å². The third kappa shape index (κ3) is 1.50. The maximum absolute atomic E-state index is 2.24. The number of benzene rings is 2. The van der Waals surface area contributed by atoms with Crippen LogP contribution in [0.5, 0.6) is 0 Å². The van der Waals surface area contributed by atoms with Gasteiger partial charge in [0.2, 0.25) is 0 Å². The Morgan fingerprint density at radius 3 is 1.60 bits per heavy atom. The standard InChI is InChI=1S/C14H10B/c1-3-7-13-11(5-1)9-10-12-6-2-4-8-14(12)15-13/h1-10H. The lowest BCUT2D eigenvalue weighted by Crippen LogP contribution is -2.29. The van der Waals surface area contributed by atoms with E-state index in [9.17, 15) is 0 Å². The van der Waals surface area contributed by atoms with Crippen molar-refractivity contribution in [1.82, 2.24) is 0 Å². The molecule has 0 aliphatic carbocycles. The molecule has 0 bridgehead atoms. The molecule has 1 heterocycles. The normalized spacial score (nSPS) is 12.3. The van der Waals surface area contributed by atoms with E-state index >= 15 is 0 Å².